The number of carbonyl (C=O) groups is 3. The average Bonchev–Trinajstić information content (AvgIpc) is 3.34. The number of aromatic nitrogens is 2. The molecule has 1 saturated heterocycles. The number of methoxy groups -OCH3 is 1. The largest absolute Gasteiger partial charge is 0.483 e. The molecule has 2 heterocycles. The van der Waals surface area contributed by atoms with E-state index in [0.29, 0.717) is 35.3 Å². The molecule has 0 radical (unpaired) electrons. The number of carbonyl (C=O) groups excluding carboxylic acids is 3. The van der Waals surface area contributed by atoms with Gasteiger partial charge in [-0.1, -0.05) is 38.3 Å². The van der Waals surface area contributed by atoms with Crippen molar-refractivity contribution in [2.75, 3.05) is 32.1 Å². The molecule has 2 aliphatic carbocycles. The summed E-state index contributed by atoms with van der Waals surface area (Å²) in [7, 11) is 3.11. The molecule has 244 valence electrons. The van der Waals surface area contributed by atoms with Gasteiger partial charge in [-0.2, -0.15) is 18.3 Å². The van der Waals surface area contributed by atoms with E-state index in [1.807, 2.05) is 0 Å². The van der Waals surface area contributed by atoms with Crippen LogP contribution in [0.25, 0.3) is 0 Å². The van der Waals surface area contributed by atoms with Gasteiger partial charge in [0.2, 0.25) is 11.8 Å². The van der Waals surface area contributed by atoms with Crippen LogP contribution >= 0.6 is 0 Å². The standard InChI is InChI=1S/C32H41F3N6O4/c1-20(45-4)41-17-15-31(19-41,29(44)36-18-32(33,34)35)22-8-10-23(11-9-22)38-28(43)26(39-27(42)24-12-16-37-40(24)3)25(21-6-5-7-21)30(2)13-14-30/h8-12,16,21,25-26H,1,5-7,13-15,17-19H2,2-4H3,(H,36,44)(H,38,43)(H,39,42)/t25?,26-,31?/m0/s1. The van der Waals surface area contributed by atoms with Gasteiger partial charge in [-0.05, 0) is 66.9 Å². The minimum Gasteiger partial charge on any atom is -0.483 e. The molecule has 2 saturated carbocycles. The molecule has 13 heteroatoms. The number of nitrogens with one attached hydrogen (secondary N) is 3. The zero-order chi connectivity index (χ0) is 32.6. The van der Waals surface area contributed by atoms with Crippen LogP contribution in [0.1, 0.15) is 61.5 Å². The Morgan fingerprint density at radius 1 is 1.13 bits per heavy atom. The number of hydrogen-bond acceptors (Lipinski definition) is 6. The maximum absolute atomic E-state index is 14.0. The summed E-state index contributed by atoms with van der Waals surface area (Å²) in [6.45, 7) is 5.01. The van der Waals surface area contributed by atoms with E-state index in [1.54, 1.807) is 42.3 Å². The molecule has 1 aliphatic heterocycles. The smallest absolute Gasteiger partial charge is 0.405 e. The molecule has 2 aromatic rings. The summed E-state index contributed by atoms with van der Waals surface area (Å²) in [6, 6.07) is 7.39. The lowest BCUT2D eigenvalue weighted by Crippen LogP contribution is -2.54. The van der Waals surface area contributed by atoms with Crippen molar-refractivity contribution in [3.63, 3.8) is 0 Å². The van der Waals surface area contributed by atoms with Gasteiger partial charge in [-0.15, -0.1) is 0 Å². The monoisotopic (exact) mass is 630 g/mol. The Kier molecular flexibility index (Phi) is 8.92. The average molecular weight is 631 g/mol. The minimum atomic E-state index is -4.56. The first-order chi connectivity index (χ1) is 21.3. The second-order valence-corrected chi connectivity index (χ2v) is 12.9. The number of nitrogens with zero attached hydrogens (tertiary/aromatic N) is 3. The van der Waals surface area contributed by atoms with Crippen LogP contribution in [0.5, 0.6) is 0 Å². The van der Waals surface area contributed by atoms with Crippen molar-refractivity contribution in [2.45, 2.75) is 63.1 Å². The van der Waals surface area contributed by atoms with Crippen LogP contribution in [0.4, 0.5) is 18.9 Å². The van der Waals surface area contributed by atoms with Crippen molar-refractivity contribution in [1.29, 1.82) is 0 Å². The lowest BCUT2D eigenvalue weighted by atomic mass is 9.66. The number of rotatable bonds is 12. The third-order valence-corrected chi connectivity index (χ3v) is 9.93. The Morgan fingerprint density at radius 3 is 2.36 bits per heavy atom. The normalized spacial score (nSPS) is 22.1. The number of ether oxygens (including phenoxy) is 1. The fourth-order valence-electron chi connectivity index (χ4n) is 6.85. The summed E-state index contributed by atoms with van der Waals surface area (Å²) in [5.74, 6) is -0.874. The summed E-state index contributed by atoms with van der Waals surface area (Å²) in [4.78, 5) is 42.3. The predicted molar refractivity (Wildman–Crippen MR) is 161 cm³/mol. The molecule has 3 N–H and O–H groups in total. The molecule has 1 aromatic carbocycles. The quantitative estimate of drug-likeness (QED) is 0.304. The van der Waals surface area contributed by atoms with Gasteiger partial charge in [-0.25, -0.2) is 0 Å². The molecule has 0 bridgehead atoms. The first-order valence-corrected chi connectivity index (χ1v) is 15.3. The highest BCUT2D eigenvalue weighted by atomic mass is 19.4. The summed E-state index contributed by atoms with van der Waals surface area (Å²) >= 11 is 0. The Balaban J connectivity index is 1.38. The molecule has 5 rings (SSSR count). The van der Waals surface area contributed by atoms with E-state index in [1.165, 1.54) is 18.0 Å². The van der Waals surface area contributed by atoms with Crippen molar-refractivity contribution < 1.29 is 32.3 Å². The Morgan fingerprint density at radius 2 is 1.82 bits per heavy atom. The summed E-state index contributed by atoms with van der Waals surface area (Å²) in [5, 5.41) is 12.1. The second kappa shape index (κ2) is 12.4. The third kappa shape index (κ3) is 6.81. The van der Waals surface area contributed by atoms with Gasteiger partial charge in [0.25, 0.3) is 5.91 Å². The Bertz CT molecular complexity index is 1430. The molecule has 0 spiro atoms. The van der Waals surface area contributed by atoms with Gasteiger partial charge in [-0.3, -0.25) is 19.1 Å². The van der Waals surface area contributed by atoms with Crippen LogP contribution in [-0.2, 0) is 26.8 Å². The van der Waals surface area contributed by atoms with E-state index >= 15 is 0 Å². The second-order valence-electron chi connectivity index (χ2n) is 12.9. The number of hydrogen-bond donors (Lipinski definition) is 3. The van der Waals surface area contributed by atoms with Crippen molar-refractivity contribution >= 4 is 23.4 Å². The molecule has 10 nitrogen and oxygen atoms in total. The van der Waals surface area contributed by atoms with Crippen LogP contribution in [0, 0.1) is 17.3 Å². The first kappa shape index (κ1) is 32.4. The predicted octanol–water partition coefficient (Wildman–Crippen LogP) is 4.11. The fourth-order valence-corrected chi connectivity index (χ4v) is 6.85. The van der Waals surface area contributed by atoms with E-state index in [9.17, 15) is 27.6 Å². The Labute approximate surface area is 260 Å². The van der Waals surface area contributed by atoms with Crippen molar-refractivity contribution in [3.8, 4) is 0 Å². The highest BCUT2D eigenvalue weighted by molar-refractivity contribution is 6.01. The molecule has 2 unspecified atom stereocenters. The van der Waals surface area contributed by atoms with Gasteiger partial charge in [0, 0.05) is 32.0 Å². The highest BCUT2D eigenvalue weighted by Gasteiger charge is 2.54. The van der Waals surface area contributed by atoms with Crippen LogP contribution in [0.15, 0.2) is 49.0 Å². The number of alkyl halides is 3. The molecule has 3 amide bonds. The van der Waals surface area contributed by atoms with Crippen molar-refractivity contribution in [3.05, 3.63) is 60.2 Å². The molecule has 3 fully saturated rings. The number of halogens is 3. The van der Waals surface area contributed by atoms with Crippen LogP contribution in [0.2, 0.25) is 0 Å². The van der Waals surface area contributed by atoms with Gasteiger partial charge in [0.05, 0.1) is 12.5 Å². The molecule has 3 aliphatic rings. The van der Waals surface area contributed by atoms with E-state index < -0.39 is 30.1 Å². The lowest BCUT2D eigenvalue weighted by Gasteiger charge is -2.42. The SMILES string of the molecule is C=C(OC)N1CCC(C(=O)NCC(F)(F)F)(c2ccc(NC(=O)[C@@H](NC(=O)c3ccnn3C)C(C3CCC3)C3(C)CC3)cc2)C1. The van der Waals surface area contributed by atoms with E-state index in [0.717, 1.165) is 32.1 Å². The zero-order valence-electron chi connectivity index (χ0n) is 25.9. The van der Waals surface area contributed by atoms with E-state index in [-0.39, 0.29) is 36.1 Å². The van der Waals surface area contributed by atoms with Gasteiger partial charge in [0.15, 0.2) is 5.88 Å². The van der Waals surface area contributed by atoms with E-state index in [2.05, 4.69) is 34.6 Å². The number of benzene rings is 1. The number of likely N-dealkylation sites (tertiary alicyclic amines) is 1. The Hall–Kier alpha value is -4.03. The topological polar surface area (TPSA) is 118 Å². The number of amides is 3. The first-order valence-electron chi connectivity index (χ1n) is 15.3. The third-order valence-electron chi connectivity index (χ3n) is 9.93. The molecule has 45 heavy (non-hydrogen) atoms. The van der Waals surface area contributed by atoms with Crippen molar-refractivity contribution in [2.24, 2.45) is 24.3 Å². The summed E-state index contributed by atoms with van der Waals surface area (Å²) in [5.41, 5.74) is -0.0383. The highest BCUT2D eigenvalue weighted by Crippen LogP contribution is 2.58. The maximum Gasteiger partial charge on any atom is 0.405 e. The van der Waals surface area contributed by atoms with Gasteiger partial charge < -0.3 is 25.6 Å². The van der Waals surface area contributed by atoms with Crippen molar-refractivity contribution in [1.82, 2.24) is 25.3 Å². The molecule has 1 aromatic heterocycles. The van der Waals surface area contributed by atoms with Crippen LogP contribution < -0.4 is 16.0 Å². The zero-order valence-corrected chi connectivity index (χ0v) is 25.9. The van der Waals surface area contributed by atoms with Gasteiger partial charge >= 0.3 is 6.18 Å². The molecule has 3 atom stereocenters. The van der Waals surface area contributed by atoms with Gasteiger partial charge in [0.1, 0.15) is 18.3 Å². The number of aryl methyl sites for hydroxylation is 1. The number of anilines is 1. The summed E-state index contributed by atoms with van der Waals surface area (Å²) in [6.07, 6.45) is 2.29. The minimum absolute atomic E-state index is 0.0401. The molecular formula is C32H41F3N6O4. The lowest BCUT2D eigenvalue weighted by molar-refractivity contribution is -0.141. The summed E-state index contributed by atoms with van der Waals surface area (Å²) < 4.78 is 45.6. The molecular weight excluding hydrogens is 589 g/mol. The fraction of sp³-hybridized carbons (Fsp3) is 0.562. The van der Waals surface area contributed by atoms with Crippen LogP contribution in [0.3, 0.4) is 0 Å². The maximum atomic E-state index is 14.0. The van der Waals surface area contributed by atoms with Crippen LogP contribution in [-0.4, -0.2) is 71.4 Å². The van der Waals surface area contributed by atoms with E-state index in [4.69, 9.17) is 4.74 Å².